The molecule has 1 atom stereocenters. The van der Waals surface area contributed by atoms with Crippen molar-refractivity contribution in [2.75, 3.05) is 5.32 Å². The molecule has 4 heteroatoms. The zero-order valence-electron chi connectivity index (χ0n) is 8.54. The molecule has 1 aromatic rings. The topological polar surface area (TPSA) is 49.3 Å². The summed E-state index contributed by atoms with van der Waals surface area (Å²) in [7, 11) is 0. The average molecular weight is 209 g/mol. The lowest BCUT2D eigenvalue weighted by Gasteiger charge is -2.23. The molecule has 0 saturated carbocycles. The Hall–Kier alpha value is -1.58. The number of benzene rings is 1. The van der Waals surface area contributed by atoms with Crippen molar-refractivity contribution in [3.63, 3.8) is 0 Å². The van der Waals surface area contributed by atoms with Crippen molar-refractivity contribution in [2.24, 2.45) is 0 Å². The number of carboxylic acid groups (broad SMARTS) is 1. The molecule has 0 bridgehead atoms. The molecule has 0 aromatic heterocycles. The van der Waals surface area contributed by atoms with Crippen LogP contribution in [0, 0.1) is 5.82 Å². The molecule has 0 aliphatic carbocycles. The Balaban J connectivity index is 2.56. The van der Waals surface area contributed by atoms with E-state index in [1.54, 1.807) is 26.0 Å². The van der Waals surface area contributed by atoms with E-state index in [1.165, 1.54) is 6.07 Å². The van der Waals surface area contributed by atoms with E-state index in [4.69, 9.17) is 5.11 Å². The predicted octanol–water partition coefficient (Wildman–Crippen LogP) is 1.98. The van der Waals surface area contributed by atoms with E-state index in [0.717, 1.165) is 5.56 Å². The number of para-hydroxylation sites is 1. The van der Waals surface area contributed by atoms with Gasteiger partial charge in [0.2, 0.25) is 0 Å². The summed E-state index contributed by atoms with van der Waals surface area (Å²) < 4.78 is 13.4. The Morgan fingerprint density at radius 3 is 2.73 bits per heavy atom. The molecule has 0 spiro atoms. The molecular weight excluding hydrogens is 197 g/mol. The van der Waals surface area contributed by atoms with E-state index in [-0.39, 0.29) is 0 Å². The van der Waals surface area contributed by atoms with Crippen LogP contribution in [0.5, 0.6) is 0 Å². The summed E-state index contributed by atoms with van der Waals surface area (Å²) in [6, 6.07) is 3.91. The quantitative estimate of drug-likeness (QED) is 0.743. The number of nitrogens with one attached hydrogen (secondary N) is 1. The van der Waals surface area contributed by atoms with E-state index >= 15 is 0 Å². The Morgan fingerprint density at radius 2 is 2.20 bits per heavy atom. The molecule has 3 nitrogen and oxygen atoms in total. The zero-order chi connectivity index (χ0) is 11.2. The third-order valence-corrected chi connectivity index (χ3v) is 2.97. The van der Waals surface area contributed by atoms with E-state index in [1.807, 2.05) is 0 Å². The summed E-state index contributed by atoms with van der Waals surface area (Å²) in [5, 5.41) is 11.7. The van der Waals surface area contributed by atoms with Gasteiger partial charge in [-0.3, -0.25) is 0 Å². The third kappa shape index (κ3) is 1.28. The number of carboxylic acids is 1. The van der Waals surface area contributed by atoms with Crippen LogP contribution < -0.4 is 5.32 Å². The van der Waals surface area contributed by atoms with Crippen molar-refractivity contribution >= 4 is 11.7 Å². The van der Waals surface area contributed by atoms with Crippen LogP contribution in [-0.4, -0.2) is 17.1 Å². The lowest BCUT2D eigenvalue weighted by Crippen LogP contribution is -2.40. The lowest BCUT2D eigenvalue weighted by atomic mass is 9.81. The summed E-state index contributed by atoms with van der Waals surface area (Å²) in [4.78, 5) is 11.0. The predicted molar refractivity (Wildman–Crippen MR) is 54.5 cm³/mol. The maximum absolute atomic E-state index is 13.4. The summed E-state index contributed by atoms with van der Waals surface area (Å²) in [6.07, 6.45) is 0. The minimum atomic E-state index is -0.962. The van der Waals surface area contributed by atoms with Gasteiger partial charge in [0.1, 0.15) is 11.9 Å². The molecule has 1 unspecified atom stereocenters. The van der Waals surface area contributed by atoms with Crippen molar-refractivity contribution in [3.8, 4) is 0 Å². The Kier molecular flexibility index (Phi) is 1.96. The average Bonchev–Trinajstić information content (AvgIpc) is 2.40. The maximum Gasteiger partial charge on any atom is 0.327 e. The SMILES string of the molecule is CC1(C)c2cccc(F)c2NC1C(=O)O. The van der Waals surface area contributed by atoms with Crippen molar-refractivity contribution < 1.29 is 14.3 Å². The molecule has 2 N–H and O–H groups in total. The second-order valence-corrected chi connectivity index (χ2v) is 4.30. The molecule has 80 valence electrons. The third-order valence-electron chi connectivity index (χ3n) is 2.97. The first kappa shape index (κ1) is 9.96. The van der Waals surface area contributed by atoms with Gasteiger partial charge in [0, 0.05) is 5.41 Å². The summed E-state index contributed by atoms with van der Waals surface area (Å²) >= 11 is 0. The standard InChI is InChI=1S/C11H12FNO2/c1-11(2)6-4-3-5-7(12)8(6)13-9(11)10(14)15/h3-5,9,13H,1-2H3,(H,14,15). The van der Waals surface area contributed by atoms with Gasteiger partial charge in [-0.25, -0.2) is 9.18 Å². The highest BCUT2D eigenvalue weighted by atomic mass is 19.1. The van der Waals surface area contributed by atoms with Gasteiger partial charge in [-0.2, -0.15) is 0 Å². The molecule has 15 heavy (non-hydrogen) atoms. The Labute approximate surface area is 86.9 Å². The number of halogens is 1. The molecule has 0 radical (unpaired) electrons. The first-order chi connectivity index (χ1) is 6.94. The van der Waals surface area contributed by atoms with Crippen LogP contribution in [0.3, 0.4) is 0 Å². The van der Waals surface area contributed by atoms with Crippen LogP contribution in [-0.2, 0) is 10.2 Å². The van der Waals surface area contributed by atoms with E-state index in [9.17, 15) is 9.18 Å². The molecule has 1 aliphatic rings. The van der Waals surface area contributed by atoms with Crippen LogP contribution in [0.2, 0.25) is 0 Å². The Bertz CT molecular complexity index is 429. The van der Waals surface area contributed by atoms with E-state index in [0.29, 0.717) is 5.69 Å². The van der Waals surface area contributed by atoms with Gasteiger partial charge in [0.05, 0.1) is 5.69 Å². The number of hydrogen-bond donors (Lipinski definition) is 2. The van der Waals surface area contributed by atoms with Crippen LogP contribution in [0.1, 0.15) is 19.4 Å². The number of anilines is 1. The molecule has 1 aromatic carbocycles. The summed E-state index contributed by atoms with van der Waals surface area (Å²) in [5.74, 6) is -1.36. The minimum absolute atomic E-state index is 0.315. The van der Waals surface area contributed by atoms with Gasteiger partial charge in [-0.05, 0) is 11.6 Å². The van der Waals surface area contributed by atoms with Gasteiger partial charge in [0.15, 0.2) is 0 Å². The van der Waals surface area contributed by atoms with Crippen LogP contribution in [0.25, 0.3) is 0 Å². The van der Waals surface area contributed by atoms with Crippen LogP contribution in [0.4, 0.5) is 10.1 Å². The number of aliphatic carboxylic acids is 1. The fraction of sp³-hybridized carbons (Fsp3) is 0.364. The number of rotatable bonds is 1. The van der Waals surface area contributed by atoms with Crippen molar-refractivity contribution in [1.82, 2.24) is 0 Å². The fourth-order valence-electron chi connectivity index (χ4n) is 2.06. The molecule has 2 rings (SSSR count). The normalized spacial score (nSPS) is 21.9. The van der Waals surface area contributed by atoms with Gasteiger partial charge in [-0.15, -0.1) is 0 Å². The molecule has 1 aliphatic heterocycles. The maximum atomic E-state index is 13.4. The van der Waals surface area contributed by atoms with Gasteiger partial charge >= 0.3 is 5.97 Å². The number of hydrogen-bond acceptors (Lipinski definition) is 2. The van der Waals surface area contributed by atoms with Gasteiger partial charge in [0.25, 0.3) is 0 Å². The zero-order valence-corrected chi connectivity index (χ0v) is 8.54. The molecule has 1 heterocycles. The van der Waals surface area contributed by atoms with Crippen molar-refractivity contribution in [2.45, 2.75) is 25.3 Å². The van der Waals surface area contributed by atoms with Crippen LogP contribution >= 0.6 is 0 Å². The number of fused-ring (bicyclic) bond motifs is 1. The molecule has 0 saturated heterocycles. The Morgan fingerprint density at radius 1 is 1.53 bits per heavy atom. The highest BCUT2D eigenvalue weighted by Gasteiger charge is 2.44. The second kappa shape index (κ2) is 2.95. The summed E-state index contributed by atoms with van der Waals surface area (Å²) in [5.41, 5.74) is 0.438. The molecular formula is C11H12FNO2. The number of carbonyl (C=O) groups is 1. The smallest absolute Gasteiger partial charge is 0.327 e. The first-order valence-corrected chi connectivity index (χ1v) is 4.73. The van der Waals surface area contributed by atoms with Crippen molar-refractivity contribution in [3.05, 3.63) is 29.6 Å². The van der Waals surface area contributed by atoms with Crippen molar-refractivity contribution in [1.29, 1.82) is 0 Å². The molecule has 0 fully saturated rings. The highest BCUT2D eigenvalue weighted by Crippen LogP contribution is 2.41. The summed E-state index contributed by atoms with van der Waals surface area (Å²) in [6.45, 7) is 3.59. The van der Waals surface area contributed by atoms with E-state index in [2.05, 4.69) is 5.32 Å². The highest BCUT2D eigenvalue weighted by molar-refractivity contribution is 5.84. The second-order valence-electron chi connectivity index (χ2n) is 4.30. The van der Waals surface area contributed by atoms with Crippen LogP contribution in [0.15, 0.2) is 18.2 Å². The fourth-order valence-corrected chi connectivity index (χ4v) is 2.06. The van der Waals surface area contributed by atoms with Gasteiger partial charge < -0.3 is 10.4 Å². The molecule has 0 amide bonds. The monoisotopic (exact) mass is 209 g/mol. The first-order valence-electron chi connectivity index (χ1n) is 4.73. The minimum Gasteiger partial charge on any atom is -0.480 e. The van der Waals surface area contributed by atoms with Gasteiger partial charge in [-0.1, -0.05) is 26.0 Å². The lowest BCUT2D eigenvalue weighted by molar-refractivity contribution is -0.139. The van der Waals surface area contributed by atoms with E-state index < -0.39 is 23.2 Å². The largest absolute Gasteiger partial charge is 0.480 e.